The minimum atomic E-state index is 0.524. The highest BCUT2D eigenvalue weighted by molar-refractivity contribution is 5.79. The Morgan fingerprint density at radius 2 is 1.42 bits per heavy atom. The molecule has 0 radical (unpaired) electrons. The maximum Gasteiger partial charge on any atom is 0.307 e. The van der Waals surface area contributed by atoms with Gasteiger partial charge in [0.2, 0.25) is 5.52 Å². The summed E-state index contributed by atoms with van der Waals surface area (Å²) in [5.74, 6) is 0.524. The topological polar surface area (TPSA) is 60.6 Å². The smallest absolute Gasteiger partial charge is 0.307 e. The van der Waals surface area contributed by atoms with E-state index in [1.54, 1.807) is 0 Å². The Morgan fingerprint density at radius 3 is 2.00 bits per heavy atom. The molecule has 5 heteroatoms. The van der Waals surface area contributed by atoms with Gasteiger partial charge in [-0.1, -0.05) is 51.6 Å². The number of fused-ring (bicyclic) bond motifs is 1. The lowest BCUT2D eigenvalue weighted by Gasteiger charge is -2.03. The zero-order valence-corrected chi connectivity index (χ0v) is 20.3. The van der Waals surface area contributed by atoms with Crippen LogP contribution in [0.3, 0.4) is 0 Å². The largest absolute Gasteiger partial charge is 0.380 e. The number of nitrogen functional groups attached to an aromatic ring is 1. The number of aryl methyl sites for hydroxylation is 1. The van der Waals surface area contributed by atoms with Gasteiger partial charge in [-0.2, -0.15) is 4.98 Å². The second-order valence-corrected chi connectivity index (χ2v) is 8.86. The Labute approximate surface area is 188 Å². The lowest BCUT2D eigenvalue weighted by Crippen LogP contribution is -2.26. The first-order valence-corrected chi connectivity index (χ1v) is 11.3. The molecule has 0 aromatic carbocycles. The highest BCUT2D eigenvalue weighted by atomic mass is 15.2. The number of hydrogen-bond donors (Lipinski definition) is 1. The van der Waals surface area contributed by atoms with Gasteiger partial charge in [0.25, 0.3) is 0 Å². The molecule has 2 heterocycles. The van der Waals surface area contributed by atoms with E-state index in [-0.39, 0.29) is 0 Å². The van der Waals surface area contributed by atoms with Crippen LogP contribution in [0.5, 0.6) is 0 Å². The number of allylic oxidation sites excluding steroid dienone is 8. The van der Waals surface area contributed by atoms with Gasteiger partial charge in [0.05, 0.1) is 13.6 Å². The molecular weight excluding hydrogens is 382 g/mol. The monoisotopic (exact) mass is 422 g/mol. The van der Waals surface area contributed by atoms with Crippen molar-refractivity contribution < 1.29 is 4.57 Å². The summed E-state index contributed by atoms with van der Waals surface area (Å²) in [6.07, 6.45) is 19.7. The third-order valence-electron chi connectivity index (χ3n) is 5.56. The molecule has 0 aliphatic rings. The van der Waals surface area contributed by atoms with E-state index in [0.717, 1.165) is 49.8 Å². The third kappa shape index (κ3) is 8.16. The van der Waals surface area contributed by atoms with Crippen molar-refractivity contribution in [1.29, 1.82) is 0 Å². The van der Waals surface area contributed by atoms with Gasteiger partial charge < -0.3 is 5.73 Å². The van der Waals surface area contributed by atoms with Gasteiger partial charge in [-0.3, -0.25) is 4.57 Å². The number of anilines is 1. The van der Waals surface area contributed by atoms with Crippen LogP contribution in [0.4, 0.5) is 5.82 Å². The first-order valence-electron chi connectivity index (χ1n) is 11.3. The van der Waals surface area contributed by atoms with Gasteiger partial charge >= 0.3 is 5.65 Å². The van der Waals surface area contributed by atoms with E-state index in [1.807, 2.05) is 17.9 Å². The summed E-state index contributed by atoms with van der Waals surface area (Å²) in [6.45, 7) is 11.8. The highest BCUT2D eigenvalue weighted by Crippen LogP contribution is 2.16. The van der Waals surface area contributed by atoms with Crippen LogP contribution >= 0.6 is 0 Å². The summed E-state index contributed by atoms with van der Waals surface area (Å²) >= 11 is 0. The molecule has 0 unspecified atom stereocenters. The van der Waals surface area contributed by atoms with Crippen LogP contribution in [0.2, 0.25) is 0 Å². The number of hydrogen-bond acceptors (Lipinski definition) is 3. The van der Waals surface area contributed by atoms with Crippen molar-refractivity contribution in [3.05, 3.63) is 59.3 Å². The predicted octanol–water partition coefficient (Wildman–Crippen LogP) is 5.98. The summed E-state index contributed by atoms with van der Waals surface area (Å²) in [4.78, 5) is 8.46. The van der Waals surface area contributed by atoms with E-state index in [1.165, 1.54) is 35.0 Å². The fraction of sp³-hybridized carbons (Fsp3) is 0.500. The summed E-state index contributed by atoms with van der Waals surface area (Å²) in [5.41, 5.74) is 13.6. The van der Waals surface area contributed by atoms with E-state index in [0.29, 0.717) is 5.82 Å². The van der Waals surface area contributed by atoms with E-state index < -0.39 is 0 Å². The zero-order valence-electron chi connectivity index (χ0n) is 20.3. The summed E-state index contributed by atoms with van der Waals surface area (Å²) in [6, 6.07) is 0. The van der Waals surface area contributed by atoms with Crippen LogP contribution in [-0.4, -0.2) is 14.5 Å². The molecule has 0 amide bonds. The summed E-state index contributed by atoms with van der Waals surface area (Å²) < 4.78 is 4.10. The van der Waals surface area contributed by atoms with Crippen LogP contribution in [0.15, 0.2) is 59.3 Å². The molecule has 0 bridgehead atoms. The van der Waals surface area contributed by atoms with E-state index in [4.69, 9.17) is 5.73 Å². The highest BCUT2D eigenvalue weighted by Gasteiger charge is 2.16. The molecular formula is C26H40N5+. The lowest BCUT2D eigenvalue weighted by atomic mass is 10.0. The van der Waals surface area contributed by atoms with Crippen molar-refractivity contribution in [2.75, 3.05) is 5.73 Å². The van der Waals surface area contributed by atoms with Crippen molar-refractivity contribution in [1.82, 2.24) is 14.5 Å². The quantitative estimate of drug-likeness (QED) is 0.358. The molecule has 0 atom stereocenters. The summed E-state index contributed by atoms with van der Waals surface area (Å²) in [7, 11) is 1.98. The molecule has 2 aromatic rings. The van der Waals surface area contributed by atoms with Crippen molar-refractivity contribution in [2.45, 2.75) is 79.7 Å². The lowest BCUT2D eigenvalue weighted by molar-refractivity contribution is -0.647. The third-order valence-corrected chi connectivity index (χ3v) is 5.56. The van der Waals surface area contributed by atoms with Crippen LogP contribution in [0.25, 0.3) is 11.2 Å². The maximum absolute atomic E-state index is 6.06. The van der Waals surface area contributed by atoms with Gasteiger partial charge in [-0.05, 0) is 73.1 Å². The molecule has 0 spiro atoms. The first-order chi connectivity index (χ1) is 14.8. The van der Waals surface area contributed by atoms with Crippen LogP contribution in [0, 0.1) is 0 Å². The van der Waals surface area contributed by atoms with Crippen LogP contribution in [-0.2, 0) is 13.6 Å². The van der Waals surface area contributed by atoms with Gasteiger partial charge in [0.1, 0.15) is 0 Å². The van der Waals surface area contributed by atoms with Gasteiger partial charge in [0.15, 0.2) is 18.5 Å². The van der Waals surface area contributed by atoms with Gasteiger partial charge in [-0.25, -0.2) is 4.57 Å². The molecule has 2 aromatic heterocycles. The Balaban J connectivity index is 1.79. The molecule has 0 saturated carbocycles. The second-order valence-electron chi connectivity index (χ2n) is 8.86. The molecule has 0 aliphatic heterocycles. The number of nitrogens with two attached hydrogens (primary N) is 1. The molecule has 0 saturated heterocycles. The van der Waals surface area contributed by atoms with Crippen molar-refractivity contribution in [3.63, 3.8) is 0 Å². The Kier molecular flexibility index (Phi) is 9.70. The Bertz CT molecular complexity index is 985. The Hall–Kier alpha value is -2.69. The SMILES string of the molecule is CC(C)=CCC/C(C)=C/CC/C(C)=C/CC/C(C)=C/Cn1c[n+](C)c2ncnc(N)c21. The van der Waals surface area contributed by atoms with Crippen LogP contribution in [0.1, 0.15) is 73.1 Å². The zero-order chi connectivity index (χ0) is 22.8. The Morgan fingerprint density at radius 1 is 0.871 bits per heavy atom. The number of imidazole rings is 1. The fourth-order valence-electron chi connectivity index (χ4n) is 3.62. The molecule has 31 heavy (non-hydrogen) atoms. The number of rotatable bonds is 11. The van der Waals surface area contributed by atoms with Crippen molar-refractivity contribution in [2.24, 2.45) is 7.05 Å². The van der Waals surface area contributed by atoms with Gasteiger partial charge in [0, 0.05) is 0 Å². The fourth-order valence-corrected chi connectivity index (χ4v) is 3.62. The minimum absolute atomic E-state index is 0.524. The normalized spacial score (nSPS) is 13.2. The molecule has 5 nitrogen and oxygen atoms in total. The minimum Gasteiger partial charge on any atom is -0.380 e. The average molecular weight is 423 g/mol. The van der Waals surface area contributed by atoms with E-state index in [9.17, 15) is 0 Å². The molecule has 0 aliphatic carbocycles. The summed E-state index contributed by atoms with van der Waals surface area (Å²) in [5, 5.41) is 0. The predicted molar refractivity (Wildman–Crippen MR) is 132 cm³/mol. The molecule has 2 N–H and O–H groups in total. The van der Waals surface area contributed by atoms with Gasteiger partial charge in [-0.15, -0.1) is 0 Å². The standard InChI is InChI=1S/C26H40N5/c1-20(2)10-7-11-21(3)12-8-13-22(4)14-9-15-23(5)16-17-31-19-30(6)26-24(31)25(27)28-18-29-26/h10,12,14,16,18-19H,7-9,11,13,15,17H2,1-6H3,(H2,27,28,29)/q+1/b21-12+,22-14+,23-16+. The molecule has 168 valence electrons. The second kappa shape index (κ2) is 12.2. The maximum atomic E-state index is 6.06. The van der Waals surface area contributed by atoms with E-state index >= 15 is 0 Å². The molecule has 0 fully saturated rings. The number of nitrogens with zero attached hydrogens (tertiary/aromatic N) is 4. The van der Waals surface area contributed by atoms with Crippen molar-refractivity contribution >= 4 is 17.0 Å². The van der Waals surface area contributed by atoms with E-state index in [2.05, 4.69) is 73.5 Å². The molecule has 2 rings (SSSR count). The first kappa shape index (κ1) is 24.6. The number of aromatic nitrogens is 4. The van der Waals surface area contributed by atoms with Crippen LogP contribution < -0.4 is 10.3 Å². The van der Waals surface area contributed by atoms with Crippen molar-refractivity contribution in [3.8, 4) is 0 Å². The average Bonchev–Trinajstić information content (AvgIpc) is 3.03.